The van der Waals surface area contributed by atoms with Crippen LogP contribution in [0.5, 0.6) is 5.75 Å². The molecule has 1 atom stereocenters. The summed E-state index contributed by atoms with van der Waals surface area (Å²) in [5.41, 5.74) is 0.0184. The van der Waals surface area contributed by atoms with E-state index in [1.807, 2.05) is 29.2 Å². The molecule has 1 N–H and O–H groups in total. The summed E-state index contributed by atoms with van der Waals surface area (Å²) in [6, 6.07) is 7.41. The van der Waals surface area contributed by atoms with Gasteiger partial charge in [-0.15, -0.1) is 0 Å². The second-order valence-electron chi connectivity index (χ2n) is 7.49. The van der Waals surface area contributed by atoms with Gasteiger partial charge in [0.2, 0.25) is 0 Å². The van der Waals surface area contributed by atoms with Crippen molar-refractivity contribution in [3.05, 3.63) is 29.3 Å². The first-order valence-corrected chi connectivity index (χ1v) is 9.60. The molecule has 0 bridgehead atoms. The Morgan fingerprint density at radius 2 is 2.19 bits per heavy atom. The van der Waals surface area contributed by atoms with Crippen molar-refractivity contribution >= 4 is 17.6 Å². The maximum Gasteiger partial charge on any atom is 0.317 e. The van der Waals surface area contributed by atoms with Gasteiger partial charge in [-0.3, -0.25) is 4.90 Å². The van der Waals surface area contributed by atoms with Crippen LogP contribution in [0.15, 0.2) is 24.3 Å². The summed E-state index contributed by atoms with van der Waals surface area (Å²) in [7, 11) is 0. The van der Waals surface area contributed by atoms with E-state index in [1.165, 1.54) is 0 Å². The van der Waals surface area contributed by atoms with Crippen LogP contribution in [0.1, 0.15) is 20.3 Å². The Labute approximate surface area is 160 Å². The van der Waals surface area contributed by atoms with E-state index in [-0.39, 0.29) is 17.7 Å². The van der Waals surface area contributed by atoms with Gasteiger partial charge in [-0.05, 0) is 26.0 Å². The summed E-state index contributed by atoms with van der Waals surface area (Å²) in [6.07, 6.45) is 0.800. The van der Waals surface area contributed by atoms with Gasteiger partial charge in [0.1, 0.15) is 11.9 Å². The lowest BCUT2D eigenvalue weighted by molar-refractivity contribution is -0.0498. The smallest absolute Gasteiger partial charge is 0.317 e. The Bertz CT molecular complexity index is 626. The maximum absolute atomic E-state index is 12.4. The molecule has 0 saturated carbocycles. The predicted molar refractivity (Wildman–Crippen MR) is 102 cm³/mol. The van der Waals surface area contributed by atoms with Gasteiger partial charge in [0, 0.05) is 38.1 Å². The number of morpholine rings is 1. The molecule has 2 heterocycles. The molecular weight excluding hydrogens is 354 g/mol. The molecule has 2 aliphatic heterocycles. The molecule has 6 nitrogen and oxygen atoms in total. The standard InChI is InChI=1S/C19H28ClN3O3/c1-19(2)14-25-12-11-23(19)10-8-21-18(24)22-9-7-15(13-22)26-17-6-4-3-5-16(17)20/h3-6,15H,7-14H2,1-2H3,(H,21,24)/t15-/m0/s1. The third kappa shape index (κ3) is 4.81. The van der Waals surface area contributed by atoms with Gasteiger partial charge in [0.25, 0.3) is 0 Å². The van der Waals surface area contributed by atoms with Gasteiger partial charge in [0.05, 0.1) is 24.8 Å². The van der Waals surface area contributed by atoms with E-state index in [4.69, 9.17) is 21.1 Å². The van der Waals surface area contributed by atoms with Gasteiger partial charge in [-0.1, -0.05) is 23.7 Å². The van der Waals surface area contributed by atoms with E-state index in [9.17, 15) is 4.79 Å². The fraction of sp³-hybridized carbons (Fsp3) is 0.632. The SMILES string of the molecule is CC1(C)COCCN1CCNC(=O)N1CC[C@H](Oc2ccccc2Cl)C1. The topological polar surface area (TPSA) is 54.0 Å². The van der Waals surface area contributed by atoms with Crippen molar-refractivity contribution in [2.75, 3.05) is 45.9 Å². The van der Waals surface area contributed by atoms with E-state index >= 15 is 0 Å². The van der Waals surface area contributed by atoms with Crippen LogP contribution in [0.4, 0.5) is 4.79 Å². The molecule has 3 rings (SSSR count). The van der Waals surface area contributed by atoms with Gasteiger partial charge in [-0.2, -0.15) is 0 Å². The fourth-order valence-corrected chi connectivity index (χ4v) is 3.62. The van der Waals surface area contributed by atoms with Crippen LogP contribution in [0.3, 0.4) is 0 Å². The molecule has 26 heavy (non-hydrogen) atoms. The largest absolute Gasteiger partial charge is 0.487 e. The first kappa shape index (κ1) is 19.3. The monoisotopic (exact) mass is 381 g/mol. The van der Waals surface area contributed by atoms with Crippen molar-refractivity contribution in [2.24, 2.45) is 0 Å². The number of halogens is 1. The summed E-state index contributed by atoms with van der Waals surface area (Å²) >= 11 is 6.14. The first-order valence-electron chi connectivity index (χ1n) is 9.22. The second kappa shape index (κ2) is 8.46. The van der Waals surface area contributed by atoms with Crippen LogP contribution in [-0.4, -0.2) is 73.4 Å². The molecule has 144 valence electrons. The van der Waals surface area contributed by atoms with Crippen LogP contribution < -0.4 is 10.1 Å². The van der Waals surface area contributed by atoms with Gasteiger partial charge in [0.15, 0.2) is 0 Å². The molecule has 7 heteroatoms. The average Bonchev–Trinajstić information content (AvgIpc) is 3.07. The molecule has 0 aliphatic carbocycles. The average molecular weight is 382 g/mol. The highest BCUT2D eigenvalue weighted by molar-refractivity contribution is 6.32. The number of urea groups is 1. The lowest BCUT2D eigenvalue weighted by Crippen LogP contribution is -2.55. The highest BCUT2D eigenvalue weighted by Gasteiger charge is 2.31. The van der Waals surface area contributed by atoms with Crippen molar-refractivity contribution in [2.45, 2.75) is 31.9 Å². The zero-order chi connectivity index (χ0) is 18.6. The van der Waals surface area contributed by atoms with Crippen LogP contribution in [0.2, 0.25) is 5.02 Å². The lowest BCUT2D eigenvalue weighted by Gasteiger charge is -2.42. The third-order valence-electron chi connectivity index (χ3n) is 5.04. The predicted octanol–water partition coefficient (Wildman–Crippen LogP) is 2.61. The Balaban J connectivity index is 1.41. The van der Waals surface area contributed by atoms with Crippen molar-refractivity contribution in [1.82, 2.24) is 15.1 Å². The Kier molecular flexibility index (Phi) is 6.27. The number of hydrogen-bond acceptors (Lipinski definition) is 4. The number of carbonyl (C=O) groups excluding carboxylic acids is 1. The number of carbonyl (C=O) groups is 1. The zero-order valence-electron chi connectivity index (χ0n) is 15.5. The number of hydrogen-bond donors (Lipinski definition) is 1. The number of nitrogens with zero attached hydrogens (tertiary/aromatic N) is 2. The van der Waals surface area contributed by atoms with Crippen molar-refractivity contribution in [3.63, 3.8) is 0 Å². The van der Waals surface area contributed by atoms with Crippen molar-refractivity contribution < 1.29 is 14.3 Å². The summed E-state index contributed by atoms with van der Waals surface area (Å²) in [4.78, 5) is 16.6. The van der Waals surface area contributed by atoms with Gasteiger partial charge in [-0.25, -0.2) is 4.79 Å². The quantitative estimate of drug-likeness (QED) is 0.851. The summed E-state index contributed by atoms with van der Waals surface area (Å²) in [5, 5.41) is 3.63. The van der Waals surface area contributed by atoms with E-state index in [0.29, 0.717) is 30.4 Å². The number of nitrogens with one attached hydrogen (secondary N) is 1. The molecule has 0 radical (unpaired) electrons. The Morgan fingerprint density at radius 1 is 1.38 bits per heavy atom. The number of likely N-dealkylation sites (tertiary alicyclic amines) is 1. The zero-order valence-corrected chi connectivity index (χ0v) is 16.3. The van der Waals surface area contributed by atoms with Crippen LogP contribution in [-0.2, 0) is 4.74 Å². The molecule has 1 aromatic carbocycles. The summed E-state index contributed by atoms with van der Waals surface area (Å²) in [6.45, 7) is 9.48. The molecule has 0 aromatic heterocycles. The van der Waals surface area contributed by atoms with Crippen LogP contribution >= 0.6 is 11.6 Å². The molecule has 1 aromatic rings. The Morgan fingerprint density at radius 3 is 2.96 bits per heavy atom. The van der Waals surface area contributed by atoms with E-state index in [1.54, 1.807) is 0 Å². The van der Waals surface area contributed by atoms with E-state index in [2.05, 4.69) is 24.1 Å². The second-order valence-corrected chi connectivity index (χ2v) is 7.90. The highest BCUT2D eigenvalue weighted by atomic mass is 35.5. The fourth-order valence-electron chi connectivity index (χ4n) is 3.44. The third-order valence-corrected chi connectivity index (χ3v) is 5.35. The number of benzene rings is 1. The molecule has 2 fully saturated rings. The minimum atomic E-state index is -0.0266. The molecule has 2 aliphatic rings. The number of para-hydroxylation sites is 1. The van der Waals surface area contributed by atoms with Crippen LogP contribution in [0, 0.1) is 0 Å². The number of amides is 2. The van der Waals surface area contributed by atoms with Crippen molar-refractivity contribution in [3.8, 4) is 5.75 Å². The Hall–Kier alpha value is -1.50. The highest BCUT2D eigenvalue weighted by Crippen LogP contribution is 2.26. The lowest BCUT2D eigenvalue weighted by atomic mass is 10.0. The number of rotatable bonds is 5. The summed E-state index contributed by atoms with van der Waals surface area (Å²) in [5.74, 6) is 0.677. The summed E-state index contributed by atoms with van der Waals surface area (Å²) < 4.78 is 11.5. The van der Waals surface area contributed by atoms with Gasteiger partial charge < -0.3 is 19.7 Å². The normalized spacial score (nSPS) is 23.0. The van der Waals surface area contributed by atoms with E-state index in [0.717, 1.165) is 32.7 Å². The van der Waals surface area contributed by atoms with Crippen LogP contribution in [0.25, 0.3) is 0 Å². The first-order chi connectivity index (χ1) is 12.5. The molecule has 0 spiro atoms. The molecule has 2 saturated heterocycles. The molecule has 2 amide bonds. The van der Waals surface area contributed by atoms with Crippen molar-refractivity contribution in [1.29, 1.82) is 0 Å². The van der Waals surface area contributed by atoms with E-state index < -0.39 is 0 Å². The molecule has 0 unspecified atom stereocenters. The van der Waals surface area contributed by atoms with Gasteiger partial charge >= 0.3 is 6.03 Å². The number of ether oxygens (including phenoxy) is 2. The molecular formula is C19H28ClN3O3. The maximum atomic E-state index is 12.4. The minimum Gasteiger partial charge on any atom is -0.487 e. The minimum absolute atomic E-state index is 0.0150.